The number of rotatable bonds is 1. The zero-order valence-corrected chi connectivity index (χ0v) is 15.1. The molecule has 23 heavy (non-hydrogen) atoms. The third kappa shape index (κ3) is 2.23. The summed E-state index contributed by atoms with van der Waals surface area (Å²) in [6, 6.07) is 15.6. The number of furan rings is 1. The Kier molecular flexibility index (Phi) is 3.36. The largest absolute Gasteiger partial charge is 0.455 e. The highest BCUT2D eigenvalue weighted by molar-refractivity contribution is 9.11. The average molecular weight is 432 g/mol. The lowest BCUT2D eigenvalue weighted by Gasteiger charge is -2.11. The first-order valence-corrected chi connectivity index (χ1v) is 8.59. The predicted octanol–water partition coefficient (Wildman–Crippen LogP) is 5.94. The van der Waals surface area contributed by atoms with Crippen molar-refractivity contribution in [3.63, 3.8) is 0 Å². The van der Waals surface area contributed by atoms with Crippen LogP contribution in [-0.4, -0.2) is 0 Å². The maximum Gasteiger partial charge on any atom is 0.146 e. The van der Waals surface area contributed by atoms with Crippen LogP contribution in [0.4, 0.5) is 11.4 Å². The van der Waals surface area contributed by atoms with Crippen molar-refractivity contribution in [3.8, 4) is 11.1 Å². The van der Waals surface area contributed by atoms with E-state index in [-0.39, 0.29) is 0 Å². The van der Waals surface area contributed by atoms with E-state index in [0.717, 1.165) is 42.0 Å². The first-order valence-electron chi connectivity index (χ1n) is 7.01. The summed E-state index contributed by atoms with van der Waals surface area (Å²) in [6.45, 7) is 0. The van der Waals surface area contributed by atoms with Crippen molar-refractivity contribution in [2.24, 2.45) is 0 Å². The molecule has 1 heterocycles. The van der Waals surface area contributed by atoms with Crippen molar-refractivity contribution in [1.82, 2.24) is 0 Å². The summed E-state index contributed by atoms with van der Waals surface area (Å²) in [7, 11) is 0. The molecule has 0 radical (unpaired) electrons. The van der Waals surface area contributed by atoms with Gasteiger partial charge < -0.3 is 15.9 Å². The molecule has 0 unspecified atom stereocenters. The Morgan fingerprint density at radius 1 is 0.870 bits per heavy atom. The van der Waals surface area contributed by atoms with E-state index in [4.69, 9.17) is 15.9 Å². The second-order valence-corrected chi connectivity index (χ2v) is 7.13. The average Bonchev–Trinajstić information content (AvgIpc) is 2.88. The van der Waals surface area contributed by atoms with Crippen molar-refractivity contribution in [2.75, 3.05) is 11.5 Å². The van der Waals surface area contributed by atoms with Crippen molar-refractivity contribution < 1.29 is 4.42 Å². The molecule has 0 atom stereocenters. The van der Waals surface area contributed by atoms with E-state index in [1.54, 1.807) is 0 Å². The minimum absolute atomic E-state index is 0.623. The first kappa shape index (κ1) is 14.6. The van der Waals surface area contributed by atoms with Crippen molar-refractivity contribution >= 4 is 65.2 Å². The van der Waals surface area contributed by atoms with Crippen LogP contribution in [0.5, 0.6) is 0 Å². The fourth-order valence-electron chi connectivity index (χ4n) is 2.91. The van der Waals surface area contributed by atoms with Crippen LogP contribution in [-0.2, 0) is 0 Å². The van der Waals surface area contributed by atoms with Crippen LogP contribution < -0.4 is 11.5 Å². The number of nitrogens with two attached hydrogens (primary N) is 2. The maximum atomic E-state index is 6.29. The molecule has 3 aromatic carbocycles. The summed E-state index contributed by atoms with van der Waals surface area (Å²) in [6.07, 6.45) is 0. The molecule has 0 saturated heterocycles. The van der Waals surface area contributed by atoms with Crippen molar-refractivity contribution in [3.05, 3.63) is 57.5 Å². The van der Waals surface area contributed by atoms with Gasteiger partial charge in [0.15, 0.2) is 0 Å². The van der Waals surface area contributed by atoms with Gasteiger partial charge in [-0.15, -0.1) is 0 Å². The Labute approximate surface area is 149 Å². The SMILES string of the molecule is Nc1cc(Br)ccc1-c1c(N)cc(Br)c2c1oc1ccccc12. The molecule has 114 valence electrons. The van der Waals surface area contributed by atoms with Crippen molar-refractivity contribution in [2.45, 2.75) is 0 Å². The van der Waals surface area contributed by atoms with Gasteiger partial charge in [0, 0.05) is 36.7 Å². The van der Waals surface area contributed by atoms with Crippen LogP contribution in [0.15, 0.2) is 61.9 Å². The van der Waals surface area contributed by atoms with Gasteiger partial charge in [0.2, 0.25) is 0 Å². The third-order valence-electron chi connectivity index (χ3n) is 3.92. The molecule has 0 aliphatic carbocycles. The van der Waals surface area contributed by atoms with E-state index in [2.05, 4.69) is 31.9 Å². The van der Waals surface area contributed by atoms with Gasteiger partial charge in [-0.2, -0.15) is 0 Å². The van der Waals surface area contributed by atoms with Crippen LogP contribution >= 0.6 is 31.9 Å². The van der Waals surface area contributed by atoms with Crippen LogP contribution in [0.25, 0.3) is 33.1 Å². The summed E-state index contributed by atoms with van der Waals surface area (Å²) in [4.78, 5) is 0. The van der Waals surface area contributed by atoms with Crippen molar-refractivity contribution in [1.29, 1.82) is 0 Å². The monoisotopic (exact) mass is 430 g/mol. The van der Waals surface area contributed by atoms with Gasteiger partial charge in [0.25, 0.3) is 0 Å². The highest BCUT2D eigenvalue weighted by atomic mass is 79.9. The van der Waals surface area contributed by atoms with Crippen LogP contribution in [0.3, 0.4) is 0 Å². The number of fused-ring (bicyclic) bond motifs is 3. The number of para-hydroxylation sites is 1. The quantitative estimate of drug-likeness (QED) is 0.366. The number of nitrogen functional groups attached to an aromatic ring is 2. The third-order valence-corrected chi connectivity index (χ3v) is 5.03. The summed E-state index contributed by atoms with van der Waals surface area (Å²) in [5, 5.41) is 2.05. The van der Waals surface area contributed by atoms with Gasteiger partial charge in [-0.25, -0.2) is 0 Å². The van der Waals surface area contributed by atoms with Gasteiger partial charge in [-0.1, -0.05) is 40.2 Å². The smallest absolute Gasteiger partial charge is 0.146 e. The molecule has 0 aliphatic heterocycles. The lowest BCUT2D eigenvalue weighted by atomic mass is 9.99. The fourth-order valence-corrected chi connectivity index (χ4v) is 3.93. The Morgan fingerprint density at radius 3 is 2.43 bits per heavy atom. The first-order chi connectivity index (χ1) is 11.1. The molecule has 4 rings (SSSR count). The molecule has 0 amide bonds. The highest BCUT2D eigenvalue weighted by Crippen LogP contribution is 2.44. The molecular weight excluding hydrogens is 420 g/mol. The number of anilines is 2. The Bertz CT molecular complexity index is 1070. The topological polar surface area (TPSA) is 65.2 Å². The summed E-state index contributed by atoms with van der Waals surface area (Å²) >= 11 is 7.04. The van der Waals surface area contributed by atoms with Crippen LogP contribution in [0.1, 0.15) is 0 Å². The van der Waals surface area contributed by atoms with Gasteiger partial charge in [-0.05, 0) is 40.2 Å². The molecule has 5 heteroatoms. The minimum atomic E-state index is 0.623. The van der Waals surface area contributed by atoms with Gasteiger partial charge >= 0.3 is 0 Å². The van der Waals surface area contributed by atoms with E-state index in [9.17, 15) is 0 Å². The van der Waals surface area contributed by atoms with E-state index in [1.807, 2.05) is 48.5 Å². The molecule has 4 aromatic rings. The Morgan fingerprint density at radius 2 is 1.65 bits per heavy atom. The summed E-state index contributed by atoms with van der Waals surface area (Å²) in [5.41, 5.74) is 17.0. The molecular formula is C18H12Br2N2O. The molecule has 3 nitrogen and oxygen atoms in total. The van der Waals surface area contributed by atoms with E-state index < -0.39 is 0 Å². The van der Waals surface area contributed by atoms with E-state index >= 15 is 0 Å². The standard InChI is InChI=1S/C18H12Br2N2O/c19-9-5-6-10(13(21)7-9)17-14(22)8-12(20)16-11-3-1-2-4-15(11)23-18(16)17/h1-8H,21-22H2. The molecule has 0 saturated carbocycles. The van der Waals surface area contributed by atoms with Gasteiger partial charge in [-0.3, -0.25) is 0 Å². The molecule has 1 aromatic heterocycles. The summed E-state index contributed by atoms with van der Waals surface area (Å²) in [5.74, 6) is 0. The zero-order chi connectivity index (χ0) is 16.1. The van der Waals surface area contributed by atoms with Gasteiger partial charge in [0.05, 0.1) is 5.56 Å². The maximum absolute atomic E-state index is 6.29. The van der Waals surface area contributed by atoms with E-state index in [1.165, 1.54) is 0 Å². The number of hydrogen-bond donors (Lipinski definition) is 2. The zero-order valence-electron chi connectivity index (χ0n) is 11.9. The summed E-state index contributed by atoms with van der Waals surface area (Å²) < 4.78 is 7.95. The minimum Gasteiger partial charge on any atom is -0.455 e. The molecule has 0 fully saturated rings. The molecule has 0 aliphatic rings. The number of halogens is 2. The van der Waals surface area contributed by atoms with Gasteiger partial charge in [0.1, 0.15) is 11.2 Å². The van der Waals surface area contributed by atoms with E-state index in [0.29, 0.717) is 11.4 Å². The number of benzene rings is 3. The molecule has 0 bridgehead atoms. The van der Waals surface area contributed by atoms with Crippen LogP contribution in [0.2, 0.25) is 0 Å². The van der Waals surface area contributed by atoms with Crippen LogP contribution in [0, 0.1) is 0 Å². The lowest BCUT2D eigenvalue weighted by molar-refractivity contribution is 0.670. The predicted molar refractivity (Wildman–Crippen MR) is 103 cm³/mol. The molecule has 4 N–H and O–H groups in total. The second kappa shape index (κ2) is 5.28. The number of hydrogen-bond acceptors (Lipinski definition) is 3. The highest BCUT2D eigenvalue weighted by Gasteiger charge is 2.19. The second-order valence-electron chi connectivity index (χ2n) is 5.36. The fraction of sp³-hybridized carbons (Fsp3) is 0. The molecule has 0 spiro atoms. The Balaban J connectivity index is 2.18. The Hall–Kier alpha value is -1.98. The lowest BCUT2D eigenvalue weighted by Crippen LogP contribution is -1.95. The normalized spacial score (nSPS) is 11.4.